The van der Waals surface area contributed by atoms with Gasteiger partial charge in [0.15, 0.2) is 5.82 Å². The fourth-order valence-electron chi connectivity index (χ4n) is 1.35. The maximum Gasteiger partial charge on any atom is 0.206 e. The van der Waals surface area contributed by atoms with Gasteiger partial charge in [-0.15, -0.1) is 5.10 Å². The number of nitriles is 1. The molecule has 5 heteroatoms. The number of hydrogen-bond acceptors (Lipinski definition) is 4. The smallest absolute Gasteiger partial charge is 0.206 e. The van der Waals surface area contributed by atoms with Crippen molar-refractivity contribution in [1.29, 1.82) is 5.26 Å². The van der Waals surface area contributed by atoms with E-state index in [4.69, 9.17) is 11.0 Å². The van der Waals surface area contributed by atoms with Crippen LogP contribution in [0.1, 0.15) is 11.3 Å². The minimum absolute atomic E-state index is 0.151. The number of para-hydroxylation sites is 1. The van der Waals surface area contributed by atoms with Crippen LogP contribution in [0, 0.1) is 18.3 Å². The maximum atomic E-state index is 8.70. The van der Waals surface area contributed by atoms with Gasteiger partial charge in [0, 0.05) is 0 Å². The van der Waals surface area contributed by atoms with Crippen molar-refractivity contribution in [1.82, 2.24) is 15.0 Å². The highest BCUT2D eigenvalue weighted by Crippen LogP contribution is 2.17. The quantitative estimate of drug-likeness (QED) is 0.743. The van der Waals surface area contributed by atoms with E-state index in [0.29, 0.717) is 0 Å². The van der Waals surface area contributed by atoms with Gasteiger partial charge in [0.25, 0.3) is 0 Å². The van der Waals surface area contributed by atoms with Crippen molar-refractivity contribution in [2.75, 3.05) is 5.73 Å². The molecule has 0 unspecified atom stereocenters. The monoisotopic (exact) mass is 199 g/mol. The van der Waals surface area contributed by atoms with Crippen molar-refractivity contribution in [2.45, 2.75) is 6.92 Å². The Bertz CT molecular complexity index is 535. The molecule has 1 heterocycles. The first-order valence-electron chi connectivity index (χ1n) is 4.41. The highest BCUT2D eigenvalue weighted by Gasteiger charge is 2.11. The van der Waals surface area contributed by atoms with Gasteiger partial charge < -0.3 is 5.73 Å². The fourth-order valence-corrected chi connectivity index (χ4v) is 1.35. The van der Waals surface area contributed by atoms with Crippen molar-refractivity contribution in [3.63, 3.8) is 0 Å². The molecule has 0 radical (unpaired) electrons. The van der Waals surface area contributed by atoms with Gasteiger partial charge >= 0.3 is 0 Å². The van der Waals surface area contributed by atoms with Crippen LogP contribution in [0.4, 0.5) is 5.82 Å². The standard InChI is InChI=1S/C10H9N5/c1-7-4-2-3-5-9(7)15-10(12)8(6-11)13-14-15/h2-5H,12H2,1H3. The molecule has 5 nitrogen and oxygen atoms in total. The minimum atomic E-state index is 0.151. The van der Waals surface area contributed by atoms with Gasteiger partial charge in [0.2, 0.25) is 5.69 Å². The van der Waals surface area contributed by atoms with Crippen LogP contribution in [-0.4, -0.2) is 15.0 Å². The molecule has 15 heavy (non-hydrogen) atoms. The number of hydrogen-bond donors (Lipinski definition) is 1. The van der Waals surface area contributed by atoms with Crippen LogP contribution in [0.25, 0.3) is 5.69 Å². The molecule has 2 N–H and O–H groups in total. The topological polar surface area (TPSA) is 80.5 Å². The number of nitrogens with two attached hydrogens (primary N) is 1. The van der Waals surface area contributed by atoms with E-state index in [-0.39, 0.29) is 11.5 Å². The van der Waals surface area contributed by atoms with Crippen molar-refractivity contribution in [3.8, 4) is 11.8 Å². The summed E-state index contributed by atoms with van der Waals surface area (Å²) in [5.41, 5.74) is 7.74. The number of anilines is 1. The lowest BCUT2D eigenvalue weighted by Gasteiger charge is -2.05. The van der Waals surface area contributed by atoms with Gasteiger partial charge in [0.05, 0.1) is 5.69 Å². The van der Waals surface area contributed by atoms with E-state index < -0.39 is 0 Å². The van der Waals surface area contributed by atoms with Crippen LogP contribution >= 0.6 is 0 Å². The average Bonchev–Trinajstić information content (AvgIpc) is 2.60. The molecule has 1 aromatic carbocycles. The average molecular weight is 199 g/mol. The van der Waals surface area contributed by atoms with Crippen molar-refractivity contribution in [2.24, 2.45) is 0 Å². The summed E-state index contributed by atoms with van der Waals surface area (Å²) in [7, 11) is 0. The predicted octanol–water partition coefficient (Wildman–Crippen LogP) is 1.03. The predicted molar refractivity (Wildman–Crippen MR) is 55.2 cm³/mol. The maximum absolute atomic E-state index is 8.70. The molecule has 0 aliphatic carbocycles. The molecular formula is C10H9N5. The summed E-state index contributed by atoms with van der Waals surface area (Å²) in [6, 6.07) is 9.52. The summed E-state index contributed by atoms with van der Waals surface area (Å²) in [6.45, 7) is 1.95. The zero-order valence-corrected chi connectivity index (χ0v) is 8.18. The van der Waals surface area contributed by atoms with E-state index in [0.717, 1.165) is 11.3 Å². The molecule has 2 aromatic rings. The van der Waals surface area contributed by atoms with Crippen LogP contribution in [0.15, 0.2) is 24.3 Å². The van der Waals surface area contributed by atoms with E-state index in [1.807, 2.05) is 37.3 Å². The summed E-state index contributed by atoms with van der Waals surface area (Å²) in [6.07, 6.45) is 0. The number of benzene rings is 1. The molecule has 0 amide bonds. The van der Waals surface area contributed by atoms with Gasteiger partial charge in [-0.25, -0.2) is 0 Å². The number of rotatable bonds is 1. The molecule has 0 aliphatic heterocycles. The van der Waals surface area contributed by atoms with Gasteiger partial charge in [-0.3, -0.25) is 0 Å². The molecule has 2 rings (SSSR count). The number of aryl methyl sites for hydroxylation is 1. The van der Waals surface area contributed by atoms with E-state index >= 15 is 0 Å². The first kappa shape index (κ1) is 9.21. The van der Waals surface area contributed by atoms with Crippen molar-refractivity contribution < 1.29 is 0 Å². The second-order valence-electron chi connectivity index (χ2n) is 3.13. The highest BCUT2D eigenvalue weighted by atomic mass is 15.5. The molecule has 0 spiro atoms. The van der Waals surface area contributed by atoms with Crippen molar-refractivity contribution in [3.05, 3.63) is 35.5 Å². The van der Waals surface area contributed by atoms with E-state index in [9.17, 15) is 0 Å². The summed E-state index contributed by atoms with van der Waals surface area (Å²) in [5, 5.41) is 16.2. The summed E-state index contributed by atoms with van der Waals surface area (Å²) < 4.78 is 1.47. The molecule has 74 valence electrons. The van der Waals surface area contributed by atoms with Crippen LogP contribution in [0.2, 0.25) is 0 Å². The Hall–Kier alpha value is -2.35. The lowest BCUT2D eigenvalue weighted by Crippen LogP contribution is -2.04. The van der Waals surface area contributed by atoms with Crippen molar-refractivity contribution >= 4 is 5.82 Å². The fraction of sp³-hybridized carbons (Fsp3) is 0.100. The summed E-state index contributed by atoms with van der Waals surface area (Å²) in [4.78, 5) is 0. The second-order valence-corrected chi connectivity index (χ2v) is 3.13. The van der Waals surface area contributed by atoms with Gasteiger partial charge in [-0.2, -0.15) is 9.94 Å². The Kier molecular flexibility index (Phi) is 2.10. The third-order valence-electron chi connectivity index (χ3n) is 2.15. The number of aromatic nitrogens is 3. The Morgan fingerprint density at radius 2 is 2.13 bits per heavy atom. The molecule has 0 atom stereocenters. The Morgan fingerprint density at radius 3 is 2.73 bits per heavy atom. The Morgan fingerprint density at radius 1 is 1.40 bits per heavy atom. The summed E-state index contributed by atoms with van der Waals surface area (Å²) >= 11 is 0. The lowest BCUT2D eigenvalue weighted by molar-refractivity contribution is 0.804. The van der Waals surface area contributed by atoms with Crippen LogP contribution in [-0.2, 0) is 0 Å². The molecule has 0 saturated heterocycles. The van der Waals surface area contributed by atoms with E-state index in [1.54, 1.807) is 0 Å². The number of nitrogen functional groups attached to an aromatic ring is 1. The Labute approximate surface area is 86.7 Å². The highest BCUT2D eigenvalue weighted by molar-refractivity contribution is 5.51. The first-order chi connectivity index (χ1) is 7.24. The molecule has 0 fully saturated rings. The molecule has 0 aliphatic rings. The Balaban J connectivity index is 2.61. The normalized spacial score (nSPS) is 9.87. The third kappa shape index (κ3) is 1.42. The third-order valence-corrected chi connectivity index (χ3v) is 2.15. The van der Waals surface area contributed by atoms with Gasteiger partial charge in [-0.1, -0.05) is 23.4 Å². The zero-order valence-electron chi connectivity index (χ0n) is 8.18. The first-order valence-corrected chi connectivity index (χ1v) is 4.41. The van der Waals surface area contributed by atoms with E-state index in [2.05, 4.69) is 10.3 Å². The zero-order chi connectivity index (χ0) is 10.8. The SMILES string of the molecule is Cc1ccccc1-n1nnc(C#N)c1N. The molecule has 0 bridgehead atoms. The van der Waals surface area contributed by atoms with Crippen LogP contribution in [0.5, 0.6) is 0 Å². The largest absolute Gasteiger partial charge is 0.381 e. The molecular weight excluding hydrogens is 190 g/mol. The molecule has 0 saturated carbocycles. The summed E-state index contributed by atoms with van der Waals surface area (Å²) in [5.74, 6) is 0.270. The van der Waals surface area contributed by atoms with Crippen LogP contribution in [0.3, 0.4) is 0 Å². The van der Waals surface area contributed by atoms with Crippen LogP contribution < -0.4 is 5.73 Å². The number of nitrogens with zero attached hydrogens (tertiary/aromatic N) is 4. The van der Waals surface area contributed by atoms with Gasteiger partial charge in [0.1, 0.15) is 6.07 Å². The van der Waals surface area contributed by atoms with E-state index in [1.165, 1.54) is 4.68 Å². The second kappa shape index (κ2) is 3.42. The van der Waals surface area contributed by atoms with Gasteiger partial charge in [-0.05, 0) is 18.6 Å². The molecule has 1 aromatic heterocycles. The lowest BCUT2D eigenvalue weighted by atomic mass is 10.2. The minimum Gasteiger partial charge on any atom is -0.381 e.